The van der Waals surface area contributed by atoms with Crippen LogP contribution in [0.25, 0.3) is 0 Å². The number of nitrogens with one attached hydrogen (secondary N) is 2. The van der Waals surface area contributed by atoms with Gasteiger partial charge in [0.05, 0.1) is 11.5 Å². The Bertz CT molecular complexity index is 582. The van der Waals surface area contributed by atoms with Crippen LogP contribution in [0.5, 0.6) is 0 Å². The molecule has 2 N–H and O–H groups in total. The lowest BCUT2D eigenvalue weighted by Gasteiger charge is -2.02. The zero-order valence-electron chi connectivity index (χ0n) is 8.97. The highest BCUT2D eigenvalue weighted by atomic mass is 35.5. The molecule has 8 nitrogen and oxygen atoms in total. The van der Waals surface area contributed by atoms with E-state index in [1.807, 2.05) is 4.72 Å². The molecule has 11 heteroatoms. The van der Waals surface area contributed by atoms with E-state index in [9.17, 15) is 23.3 Å². The molecule has 0 atom stereocenters. The second-order valence-corrected chi connectivity index (χ2v) is 6.63. The topological polar surface area (TPSA) is 118 Å². The van der Waals surface area contributed by atoms with E-state index in [2.05, 4.69) is 5.32 Å². The molecule has 0 unspecified atom stereocenters. The van der Waals surface area contributed by atoms with Crippen LogP contribution in [-0.4, -0.2) is 32.8 Å². The van der Waals surface area contributed by atoms with E-state index in [0.29, 0.717) is 11.3 Å². The maximum Gasteiger partial charge on any atom is 0.300 e. The molecule has 1 rings (SSSR count). The fraction of sp³-hybridized carbons (Fsp3) is 0.286. The molecule has 0 aliphatic rings. The van der Waals surface area contributed by atoms with Gasteiger partial charge >= 0.3 is 0 Å². The van der Waals surface area contributed by atoms with Crippen LogP contribution in [-0.2, 0) is 14.8 Å². The molecule has 0 saturated heterocycles. The first-order chi connectivity index (χ1) is 8.27. The molecule has 1 amide bonds. The predicted molar refractivity (Wildman–Crippen MR) is 65.2 cm³/mol. The van der Waals surface area contributed by atoms with Gasteiger partial charge in [0.2, 0.25) is 5.91 Å². The van der Waals surface area contributed by atoms with Crippen LogP contribution in [0.1, 0.15) is 0 Å². The van der Waals surface area contributed by atoms with Crippen molar-refractivity contribution in [3.05, 3.63) is 20.5 Å². The molecule has 0 spiro atoms. The number of hydrogen-bond acceptors (Lipinski definition) is 6. The molecule has 0 bridgehead atoms. The summed E-state index contributed by atoms with van der Waals surface area (Å²) in [5.41, 5.74) is -0.484. The summed E-state index contributed by atoms with van der Waals surface area (Å²) >= 11 is 6.09. The molecule has 1 aromatic heterocycles. The molecule has 0 aliphatic heterocycles. The van der Waals surface area contributed by atoms with Crippen LogP contribution in [0, 0.1) is 10.1 Å². The van der Waals surface area contributed by atoms with Crippen molar-refractivity contribution in [2.75, 3.05) is 13.6 Å². The number of nitro groups is 1. The Kier molecular flexibility index (Phi) is 4.62. The number of hydrogen-bond donors (Lipinski definition) is 2. The van der Waals surface area contributed by atoms with E-state index < -0.39 is 33.1 Å². The number of rotatable bonds is 5. The lowest BCUT2D eigenvalue weighted by molar-refractivity contribution is -0.384. The zero-order chi connectivity index (χ0) is 13.9. The van der Waals surface area contributed by atoms with Crippen molar-refractivity contribution in [2.45, 2.75) is 4.21 Å². The average molecular weight is 314 g/mol. The van der Waals surface area contributed by atoms with Crippen molar-refractivity contribution in [2.24, 2.45) is 0 Å². The highest BCUT2D eigenvalue weighted by molar-refractivity contribution is 7.91. The Balaban J connectivity index is 2.95. The van der Waals surface area contributed by atoms with Crippen LogP contribution in [0.2, 0.25) is 4.34 Å². The number of thiophene rings is 1. The molecule has 18 heavy (non-hydrogen) atoms. The van der Waals surface area contributed by atoms with E-state index in [1.54, 1.807) is 0 Å². The number of halogens is 1. The van der Waals surface area contributed by atoms with Gasteiger partial charge in [0.15, 0.2) is 4.34 Å². The SMILES string of the molecule is CNC(=O)CNS(=O)(=O)c1cc([N+](=O)[O-])c(Cl)s1. The maximum atomic E-state index is 11.7. The summed E-state index contributed by atoms with van der Waals surface area (Å²) in [7, 11) is -2.63. The third-order valence-corrected chi connectivity index (χ3v) is 5.02. The smallest absolute Gasteiger partial charge is 0.300 e. The van der Waals surface area contributed by atoms with Crippen LogP contribution >= 0.6 is 22.9 Å². The van der Waals surface area contributed by atoms with Gasteiger partial charge in [0.1, 0.15) is 4.21 Å². The van der Waals surface area contributed by atoms with Crippen molar-refractivity contribution < 1.29 is 18.1 Å². The molecule has 0 radical (unpaired) electrons. The second-order valence-electron chi connectivity index (χ2n) is 2.98. The van der Waals surface area contributed by atoms with Crippen LogP contribution in [0.4, 0.5) is 5.69 Å². The third kappa shape index (κ3) is 3.38. The van der Waals surface area contributed by atoms with Crippen molar-refractivity contribution in [3.63, 3.8) is 0 Å². The average Bonchev–Trinajstić information content (AvgIpc) is 2.69. The van der Waals surface area contributed by atoms with Gasteiger partial charge in [-0.25, -0.2) is 13.1 Å². The highest BCUT2D eigenvalue weighted by Crippen LogP contribution is 2.35. The van der Waals surface area contributed by atoms with Gasteiger partial charge in [0.25, 0.3) is 15.7 Å². The summed E-state index contributed by atoms with van der Waals surface area (Å²) in [5, 5.41) is 12.7. The fourth-order valence-corrected chi connectivity index (χ4v) is 3.61. The fourth-order valence-electron chi connectivity index (χ4n) is 0.915. The van der Waals surface area contributed by atoms with Crippen LogP contribution in [0.3, 0.4) is 0 Å². The van der Waals surface area contributed by atoms with Gasteiger partial charge in [0, 0.05) is 13.1 Å². The molecule has 1 aromatic rings. The zero-order valence-corrected chi connectivity index (χ0v) is 11.4. The van der Waals surface area contributed by atoms with Gasteiger partial charge in [-0.15, -0.1) is 11.3 Å². The van der Waals surface area contributed by atoms with E-state index in [4.69, 9.17) is 11.6 Å². The first-order valence-electron chi connectivity index (χ1n) is 4.42. The number of carbonyl (C=O) groups excluding carboxylic acids is 1. The van der Waals surface area contributed by atoms with Gasteiger partial charge in [-0.1, -0.05) is 11.6 Å². The number of likely N-dealkylation sites (N-methyl/N-ethyl adjacent to an activating group) is 1. The van der Waals surface area contributed by atoms with Crippen molar-refractivity contribution >= 4 is 44.6 Å². The lowest BCUT2D eigenvalue weighted by atomic mass is 10.6. The minimum atomic E-state index is -3.98. The molecule has 1 heterocycles. The first kappa shape index (κ1) is 14.8. The van der Waals surface area contributed by atoms with E-state index in [0.717, 1.165) is 6.07 Å². The van der Waals surface area contributed by atoms with E-state index in [1.165, 1.54) is 7.05 Å². The molecular formula is C7H8ClN3O5S2. The number of nitrogens with zero attached hydrogens (tertiary/aromatic N) is 1. The summed E-state index contributed by atoms with van der Waals surface area (Å²) < 4.78 is 24.8. The third-order valence-electron chi connectivity index (χ3n) is 1.81. The lowest BCUT2D eigenvalue weighted by Crippen LogP contribution is -2.34. The van der Waals surface area contributed by atoms with Gasteiger partial charge in [-0.05, 0) is 0 Å². The standard InChI is InChI=1S/C7H8ClN3O5S2/c1-9-5(12)3-10-18(15,16)6-2-4(11(13)14)7(8)17-6/h2,10H,3H2,1H3,(H,9,12). The van der Waals surface area contributed by atoms with E-state index >= 15 is 0 Å². The summed E-state index contributed by atoms with van der Waals surface area (Å²) in [4.78, 5) is 20.6. The summed E-state index contributed by atoms with van der Waals surface area (Å²) in [6, 6.07) is 0.846. The van der Waals surface area contributed by atoms with Crippen LogP contribution < -0.4 is 10.0 Å². The monoisotopic (exact) mass is 313 g/mol. The van der Waals surface area contributed by atoms with Crippen LogP contribution in [0.15, 0.2) is 10.3 Å². The Hall–Kier alpha value is -1.23. The number of sulfonamides is 1. The Morgan fingerprint density at radius 1 is 1.61 bits per heavy atom. The van der Waals surface area contributed by atoms with Crippen molar-refractivity contribution in [3.8, 4) is 0 Å². The van der Waals surface area contributed by atoms with E-state index in [-0.39, 0.29) is 8.55 Å². The Morgan fingerprint density at radius 3 is 2.67 bits per heavy atom. The number of carbonyl (C=O) groups is 1. The minimum Gasteiger partial charge on any atom is -0.358 e. The summed E-state index contributed by atoms with van der Waals surface area (Å²) in [6.07, 6.45) is 0. The molecule has 0 saturated carbocycles. The molecule has 0 fully saturated rings. The largest absolute Gasteiger partial charge is 0.358 e. The quantitative estimate of drug-likeness (QED) is 0.600. The predicted octanol–water partition coefficient (Wildman–Crippen LogP) is 0.334. The first-order valence-corrected chi connectivity index (χ1v) is 7.09. The summed E-state index contributed by atoms with van der Waals surface area (Å²) in [5.74, 6) is -0.532. The van der Waals surface area contributed by atoms with Gasteiger partial charge in [-0.2, -0.15) is 0 Å². The van der Waals surface area contributed by atoms with Gasteiger partial charge < -0.3 is 5.32 Å². The molecule has 0 aromatic carbocycles. The summed E-state index contributed by atoms with van der Waals surface area (Å²) in [6.45, 7) is -0.456. The minimum absolute atomic E-state index is 0.236. The Morgan fingerprint density at radius 2 is 2.22 bits per heavy atom. The molecule has 100 valence electrons. The molecule has 0 aliphatic carbocycles. The highest BCUT2D eigenvalue weighted by Gasteiger charge is 2.25. The van der Waals surface area contributed by atoms with Crippen molar-refractivity contribution in [1.29, 1.82) is 0 Å². The van der Waals surface area contributed by atoms with Gasteiger partial charge in [-0.3, -0.25) is 14.9 Å². The Labute approximate surface area is 111 Å². The molecular weight excluding hydrogens is 306 g/mol. The second kappa shape index (κ2) is 5.61. The maximum absolute atomic E-state index is 11.7. The normalized spacial score (nSPS) is 11.2. The number of amides is 1. The van der Waals surface area contributed by atoms with Crippen molar-refractivity contribution in [1.82, 2.24) is 10.0 Å².